The Morgan fingerprint density at radius 3 is 2.69 bits per heavy atom. The van der Waals surface area contributed by atoms with Gasteiger partial charge in [-0.15, -0.1) is 0 Å². The van der Waals surface area contributed by atoms with E-state index in [4.69, 9.17) is 9.72 Å². The van der Waals surface area contributed by atoms with E-state index in [1.54, 1.807) is 24.3 Å². The fraction of sp³-hybridized carbons (Fsp3) is 0.348. The molecule has 0 radical (unpaired) electrons. The van der Waals surface area contributed by atoms with Gasteiger partial charge >= 0.3 is 0 Å². The molecule has 6 nitrogen and oxygen atoms in total. The van der Waals surface area contributed by atoms with Crippen LogP contribution in [-0.2, 0) is 4.79 Å². The number of ether oxygens (including phenoxy) is 1. The minimum Gasteiger partial charge on any atom is -0.484 e. The summed E-state index contributed by atoms with van der Waals surface area (Å²) in [4.78, 5) is 31.8. The Hall–Kier alpha value is -3.15. The molecule has 4 rings (SSSR count). The highest BCUT2D eigenvalue weighted by Crippen LogP contribution is 2.32. The van der Waals surface area contributed by atoms with E-state index in [9.17, 15) is 9.59 Å². The maximum Gasteiger partial charge on any atom is 0.258 e. The van der Waals surface area contributed by atoms with E-state index in [0.717, 1.165) is 42.5 Å². The van der Waals surface area contributed by atoms with E-state index < -0.39 is 0 Å². The van der Waals surface area contributed by atoms with E-state index in [1.807, 2.05) is 24.3 Å². The fourth-order valence-corrected chi connectivity index (χ4v) is 3.94. The zero-order chi connectivity index (χ0) is 20.2. The van der Waals surface area contributed by atoms with Gasteiger partial charge in [0.15, 0.2) is 12.4 Å². The first-order valence-electron chi connectivity index (χ1n) is 10.1. The fourth-order valence-electron chi connectivity index (χ4n) is 3.94. The molecule has 1 amide bonds. The molecule has 1 heterocycles. The van der Waals surface area contributed by atoms with Crippen LogP contribution in [-0.4, -0.2) is 34.3 Å². The minimum absolute atomic E-state index is 0.00518. The van der Waals surface area contributed by atoms with E-state index in [0.29, 0.717) is 17.2 Å². The van der Waals surface area contributed by atoms with Gasteiger partial charge in [-0.3, -0.25) is 9.59 Å². The lowest BCUT2D eigenvalue weighted by atomic mass is 9.85. The number of carbonyl (C=O) groups excluding carboxylic acids is 2. The number of aromatic nitrogens is 2. The van der Waals surface area contributed by atoms with Gasteiger partial charge in [-0.2, -0.15) is 0 Å². The number of nitrogens with one attached hydrogen (secondary N) is 2. The molecule has 1 saturated carbocycles. The molecule has 150 valence electrons. The van der Waals surface area contributed by atoms with Crippen molar-refractivity contribution in [3.63, 3.8) is 0 Å². The van der Waals surface area contributed by atoms with E-state index in [2.05, 4.69) is 10.3 Å². The average molecular weight is 391 g/mol. The number of nitrogens with zero attached hydrogens (tertiary/aromatic N) is 1. The molecule has 1 aliphatic carbocycles. The first kappa shape index (κ1) is 19.2. The van der Waals surface area contributed by atoms with Crippen molar-refractivity contribution < 1.29 is 14.3 Å². The molecule has 3 aromatic rings. The summed E-state index contributed by atoms with van der Waals surface area (Å²) in [5.74, 6) is 1.78. The van der Waals surface area contributed by atoms with Gasteiger partial charge in [-0.1, -0.05) is 18.6 Å². The number of para-hydroxylation sites is 2. The number of hydrogen-bond donors (Lipinski definition) is 2. The van der Waals surface area contributed by atoms with E-state index >= 15 is 0 Å². The number of Topliss-reactive ketones (excluding diaryl/α,β-unsaturated/α-hetero) is 1. The minimum atomic E-state index is -0.129. The lowest BCUT2D eigenvalue weighted by Crippen LogP contribution is -2.40. The second-order valence-electron chi connectivity index (χ2n) is 7.64. The van der Waals surface area contributed by atoms with Crippen molar-refractivity contribution >= 4 is 22.7 Å². The van der Waals surface area contributed by atoms with E-state index in [-0.39, 0.29) is 24.3 Å². The number of benzene rings is 2. The predicted octanol–water partition coefficient (Wildman–Crippen LogP) is 3.99. The molecule has 1 fully saturated rings. The third-order valence-electron chi connectivity index (χ3n) is 5.46. The Kier molecular flexibility index (Phi) is 5.60. The van der Waals surface area contributed by atoms with Crippen molar-refractivity contribution in [3.05, 3.63) is 59.9 Å². The van der Waals surface area contributed by atoms with Crippen LogP contribution >= 0.6 is 0 Å². The number of H-pyrrole nitrogens is 1. The summed E-state index contributed by atoms with van der Waals surface area (Å²) in [7, 11) is 0. The molecule has 6 heteroatoms. The van der Waals surface area contributed by atoms with Gasteiger partial charge in [0.2, 0.25) is 0 Å². The summed E-state index contributed by atoms with van der Waals surface area (Å²) in [5.41, 5.74) is 2.66. The quantitative estimate of drug-likeness (QED) is 0.623. The maximum atomic E-state index is 12.3. The Morgan fingerprint density at radius 1 is 1.14 bits per heavy atom. The number of fused-ring (bicyclic) bond motifs is 1. The van der Waals surface area contributed by atoms with Crippen LogP contribution in [0.4, 0.5) is 0 Å². The summed E-state index contributed by atoms with van der Waals surface area (Å²) in [6.45, 7) is 1.48. The smallest absolute Gasteiger partial charge is 0.258 e. The van der Waals surface area contributed by atoms with Crippen molar-refractivity contribution in [2.24, 2.45) is 0 Å². The molecular weight excluding hydrogens is 366 g/mol. The molecule has 29 heavy (non-hydrogen) atoms. The number of ketones is 1. The largest absolute Gasteiger partial charge is 0.484 e. The summed E-state index contributed by atoms with van der Waals surface area (Å²) >= 11 is 0. The topological polar surface area (TPSA) is 84.1 Å². The molecule has 2 atom stereocenters. The van der Waals surface area contributed by atoms with Gasteiger partial charge in [0, 0.05) is 17.5 Å². The van der Waals surface area contributed by atoms with Crippen molar-refractivity contribution in [1.82, 2.24) is 15.3 Å². The third kappa shape index (κ3) is 4.65. The average Bonchev–Trinajstić information content (AvgIpc) is 3.17. The molecule has 2 unspecified atom stereocenters. The Bertz CT molecular complexity index is 977. The molecule has 2 N–H and O–H groups in total. The SMILES string of the molecule is CC(=O)c1ccc(OCC(=O)NC2CCCC(c3nc4ccccc4[nH]3)C2)cc1. The number of hydrogen-bond acceptors (Lipinski definition) is 4. The van der Waals surface area contributed by atoms with Gasteiger partial charge in [-0.25, -0.2) is 4.98 Å². The molecule has 0 aliphatic heterocycles. The second-order valence-corrected chi connectivity index (χ2v) is 7.64. The molecular formula is C23H25N3O3. The second kappa shape index (κ2) is 8.47. The van der Waals surface area contributed by atoms with Crippen molar-refractivity contribution in [2.75, 3.05) is 6.61 Å². The maximum absolute atomic E-state index is 12.3. The summed E-state index contributed by atoms with van der Waals surface area (Å²) < 4.78 is 5.55. The molecule has 1 aromatic heterocycles. The summed E-state index contributed by atoms with van der Waals surface area (Å²) in [6, 6.07) is 15.0. The van der Waals surface area contributed by atoms with Crippen LogP contribution in [0.3, 0.4) is 0 Å². The Labute approximate surface area is 169 Å². The van der Waals surface area contributed by atoms with Gasteiger partial charge < -0.3 is 15.0 Å². The highest BCUT2D eigenvalue weighted by molar-refractivity contribution is 5.94. The monoisotopic (exact) mass is 391 g/mol. The molecule has 0 bridgehead atoms. The van der Waals surface area contributed by atoms with Crippen LogP contribution in [0.25, 0.3) is 11.0 Å². The van der Waals surface area contributed by atoms with E-state index in [1.165, 1.54) is 6.92 Å². The van der Waals surface area contributed by atoms with Crippen LogP contribution < -0.4 is 10.1 Å². The number of amides is 1. The number of aromatic amines is 1. The number of carbonyl (C=O) groups is 2. The van der Waals surface area contributed by atoms with Crippen LogP contribution in [0.5, 0.6) is 5.75 Å². The van der Waals surface area contributed by atoms with Gasteiger partial charge in [0.1, 0.15) is 11.6 Å². The van der Waals surface area contributed by atoms with Gasteiger partial charge in [0.25, 0.3) is 5.91 Å². The molecule has 0 spiro atoms. The lowest BCUT2D eigenvalue weighted by Gasteiger charge is -2.28. The summed E-state index contributed by atoms with van der Waals surface area (Å²) in [6.07, 6.45) is 3.97. The zero-order valence-corrected chi connectivity index (χ0v) is 16.5. The van der Waals surface area contributed by atoms with Gasteiger partial charge in [-0.05, 0) is 62.6 Å². The zero-order valence-electron chi connectivity index (χ0n) is 16.5. The first-order valence-corrected chi connectivity index (χ1v) is 10.1. The van der Waals surface area contributed by atoms with Gasteiger partial charge in [0.05, 0.1) is 11.0 Å². The van der Waals surface area contributed by atoms with Crippen LogP contribution in [0.2, 0.25) is 0 Å². The van der Waals surface area contributed by atoms with Crippen molar-refractivity contribution in [2.45, 2.75) is 44.6 Å². The Balaban J connectivity index is 1.30. The third-order valence-corrected chi connectivity index (χ3v) is 5.46. The summed E-state index contributed by atoms with van der Waals surface area (Å²) in [5, 5.41) is 3.09. The van der Waals surface area contributed by atoms with Crippen LogP contribution in [0, 0.1) is 0 Å². The standard InChI is InChI=1S/C23H25N3O3/c1-15(27)16-9-11-19(12-10-16)29-14-22(28)24-18-6-4-5-17(13-18)23-25-20-7-2-3-8-21(20)26-23/h2-3,7-12,17-18H,4-6,13-14H2,1H3,(H,24,28)(H,25,26). The van der Waals surface area contributed by atoms with Crippen molar-refractivity contribution in [3.8, 4) is 5.75 Å². The molecule has 1 aliphatic rings. The lowest BCUT2D eigenvalue weighted by molar-refractivity contribution is -0.124. The highest BCUT2D eigenvalue weighted by Gasteiger charge is 2.26. The number of rotatable bonds is 6. The molecule has 0 saturated heterocycles. The van der Waals surface area contributed by atoms with Crippen LogP contribution in [0.15, 0.2) is 48.5 Å². The van der Waals surface area contributed by atoms with Crippen molar-refractivity contribution in [1.29, 1.82) is 0 Å². The normalized spacial score (nSPS) is 19.1. The predicted molar refractivity (Wildman–Crippen MR) is 111 cm³/mol. The number of imidazole rings is 1. The first-order chi connectivity index (χ1) is 14.1. The molecule has 2 aromatic carbocycles. The van der Waals surface area contributed by atoms with Crippen LogP contribution in [0.1, 0.15) is 54.7 Å². The highest BCUT2D eigenvalue weighted by atomic mass is 16.5. The Morgan fingerprint density at radius 2 is 1.93 bits per heavy atom.